The van der Waals surface area contributed by atoms with Crippen LogP contribution in [0.4, 0.5) is 0 Å². The molecule has 0 atom stereocenters. The predicted molar refractivity (Wildman–Crippen MR) is 44.9 cm³/mol. The molecule has 1 rings (SSSR count). The van der Waals surface area contributed by atoms with Gasteiger partial charge in [-0.05, 0) is 12.1 Å². The number of halogens is 1. The molecule has 1 aromatic rings. The van der Waals surface area contributed by atoms with Crippen molar-refractivity contribution >= 4 is 28.3 Å². The van der Waals surface area contributed by atoms with Gasteiger partial charge in [0.2, 0.25) is 0 Å². The molecule has 0 nitrogen and oxygen atoms in total. The van der Waals surface area contributed by atoms with E-state index in [-0.39, 0.29) is 0 Å². The Morgan fingerprint density at radius 3 is 2.50 bits per heavy atom. The summed E-state index contributed by atoms with van der Waals surface area (Å²) in [4.78, 5) is 0. The third-order valence-corrected chi connectivity index (χ3v) is 1.78. The second-order valence-corrected chi connectivity index (χ2v) is 3.22. The van der Waals surface area contributed by atoms with Crippen LogP contribution >= 0.6 is 9.07 Å². The van der Waals surface area contributed by atoms with Crippen molar-refractivity contribution in [2.45, 2.75) is 0 Å². The van der Waals surface area contributed by atoms with E-state index in [1.807, 2.05) is 30.3 Å². The van der Waals surface area contributed by atoms with Crippen LogP contribution in [-0.4, -0.2) is 19.3 Å². The van der Waals surface area contributed by atoms with E-state index in [9.17, 15) is 0 Å². The molecule has 0 spiro atoms. The van der Waals surface area contributed by atoms with E-state index in [0.29, 0.717) is 0 Å². The first kappa shape index (κ1) is 7.94. The van der Waals surface area contributed by atoms with Crippen LogP contribution in [0, 0.1) is 9.97 Å². The number of hydrogen-bond acceptors (Lipinski definition) is 0. The molecule has 0 unspecified atom stereocenters. The molecule has 46 valence electrons. The largest absolute Gasteiger partial charge is 0.599 e. The Kier molecular flexibility index (Phi) is 3.67. The SMILES string of the molecule is [Cl][Mg][C]#Cc1ccccc1. The minimum absolute atomic E-state index is 0.619. The summed E-state index contributed by atoms with van der Waals surface area (Å²) in [5, 5.41) is 0. The monoisotopic (exact) mass is 160 g/mol. The molecule has 0 saturated heterocycles. The summed E-state index contributed by atoms with van der Waals surface area (Å²) < 4.78 is 2.92. The molecule has 0 aliphatic carbocycles. The minimum atomic E-state index is -0.619. The van der Waals surface area contributed by atoms with E-state index in [1.165, 1.54) is 0 Å². The smallest absolute Gasteiger partial charge is 0.316 e. The molecule has 0 saturated carbocycles. The lowest BCUT2D eigenvalue weighted by molar-refractivity contribution is 1.65. The molecular formula is C8H5ClMg. The van der Waals surface area contributed by atoms with Gasteiger partial charge in [0.15, 0.2) is 0 Å². The second-order valence-electron chi connectivity index (χ2n) is 1.80. The molecule has 1 aromatic carbocycles. The van der Waals surface area contributed by atoms with Gasteiger partial charge in [-0.1, -0.05) is 18.2 Å². The summed E-state index contributed by atoms with van der Waals surface area (Å²) in [6.45, 7) is 0. The Balaban J connectivity index is 2.76. The molecule has 0 heterocycles. The van der Waals surface area contributed by atoms with Gasteiger partial charge in [-0.15, -0.1) is 5.92 Å². The zero-order valence-electron chi connectivity index (χ0n) is 5.47. The molecule has 0 fully saturated rings. The van der Waals surface area contributed by atoms with Crippen LogP contribution < -0.4 is 0 Å². The Hall–Kier alpha value is -0.164. The fourth-order valence-corrected chi connectivity index (χ4v) is 1.13. The van der Waals surface area contributed by atoms with Crippen LogP contribution in [-0.2, 0) is 0 Å². The highest BCUT2D eigenvalue weighted by molar-refractivity contribution is 6.98. The van der Waals surface area contributed by atoms with Crippen LogP contribution in [0.25, 0.3) is 0 Å². The van der Waals surface area contributed by atoms with Crippen molar-refractivity contribution in [2.75, 3.05) is 0 Å². The summed E-state index contributed by atoms with van der Waals surface area (Å²) >= 11 is -0.619. The van der Waals surface area contributed by atoms with Gasteiger partial charge < -0.3 is 9.07 Å². The molecule has 0 aliphatic rings. The predicted octanol–water partition coefficient (Wildman–Crippen LogP) is 1.85. The van der Waals surface area contributed by atoms with Gasteiger partial charge in [0, 0.05) is 5.56 Å². The van der Waals surface area contributed by atoms with Crippen LogP contribution in [0.15, 0.2) is 30.3 Å². The van der Waals surface area contributed by atoms with Gasteiger partial charge in [-0.25, -0.2) is 4.05 Å². The maximum absolute atomic E-state index is 5.52. The van der Waals surface area contributed by atoms with E-state index < -0.39 is 19.3 Å². The molecule has 0 amide bonds. The van der Waals surface area contributed by atoms with E-state index in [4.69, 9.17) is 9.07 Å². The first-order valence-electron chi connectivity index (χ1n) is 3.03. The van der Waals surface area contributed by atoms with Gasteiger partial charge in [0.1, 0.15) is 0 Å². The fourth-order valence-electron chi connectivity index (χ4n) is 0.657. The first-order chi connectivity index (χ1) is 4.93. The van der Waals surface area contributed by atoms with Crippen molar-refractivity contribution in [2.24, 2.45) is 0 Å². The minimum Gasteiger partial charge on any atom is -0.316 e. The maximum atomic E-state index is 5.52. The Morgan fingerprint density at radius 2 is 1.90 bits per heavy atom. The summed E-state index contributed by atoms with van der Waals surface area (Å²) in [7, 11) is 5.52. The number of benzene rings is 1. The van der Waals surface area contributed by atoms with Gasteiger partial charge in [-0.2, -0.15) is 0 Å². The van der Waals surface area contributed by atoms with Crippen molar-refractivity contribution in [3.63, 3.8) is 0 Å². The highest BCUT2D eigenvalue weighted by Crippen LogP contribution is 1.93. The molecular weight excluding hydrogens is 156 g/mol. The molecule has 0 radical (unpaired) electrons. The van der Waals surface area contributed by atoms with Gasteiger partial charge in [0.25, 0.3) is 0 Å². The highest BCUT2D eigenvalue weighted by atomic mass is 35.5. The Bertz CT molecular complexity index is 245. The average Bonchev–Trinajstić information content (AvgIpc) is 2.03. The maximum Gasteiger partial charge on any atom is 0.599 e. The summed E-state index contributed by atoms with van der Waals surface area (Å²) in [5.74, 6) is 2.97. The van der Waals surface area contributed by atoms with Crippen LogP contribution in [0.5, 0.6) is 0 Å². The quantitative estimate of drug-likeness (QED) is 0.402. The second kappa shape index (κ2) is 4.62. The molecule has 0 N–H and O–H groups in total. The van der Waals surface area contributed by atoms with E-state index in [0.717, 1.165) is 5.56 Å². The van der Waals surface area contributed by atoms with E-state index in [1.54, 1.807) is 0 Å². The van der Waals surface area contributed by atoms with Crippen LogP contribution in [0.3, 0.4) is 0 Å². The van der Waals surface area contributed by atoms with Gasteiger partial charge >= 0.3 is 19.3 Å². The van der Waals surface area contributed by atoms with Crippen molar-refractivity contribution < 1.29 is 0 Å². The van der Waals surface area contributed by atoms with E-state index in [2.05, 4.69) is 9.97 Å². The summed E-state index contributed by atoms with van der Waals surface area (Å²) in [5.41, 5.74) is 1.05. The molecule has 10 heavy (non-hydrogen) atoms. The van der Waals surface area contributed by atoms with Crippen LogP contribution in [0.2, 0.25) is 0 Å². The van der Waals surface area contributed by atoms with Crippen molar-refractivity contribution in [3.05, 3.63) is 35.9 Å². The normalized spacial score (nSPS) is 7.30. The third kappa shape index (κ3) is 2.61. The molecule has 0 aliphatic heterocycles. The Morgan fingerprint density at radius 1 is 1.20 bits per heavy atom. The molecule has 0 bridgehead atoms. The summed E-state index contributed by atoms with van der Waals surface area (Å²) in [6.07, 6.45) is 0. The fraction of sp³-hybridized carbons (Fsp3) is 0. The lowest BCUT2D eigenvalue weighted by atomic mass is 10.2. The van der Waals surface area contributed by atoms with Crippen molar-refractivity contribution in [1.29, 1.82) is 0 Å². The van der Waals surface area contributed by atoms with E-state index >= 15 is 0 Å². The Labute approximate surface area is 74.1 Å². The zero-order valence-corrected chi connectivity index (χ0v) is 7.64. The first-order valence-corrected chi connectivity index (χ1v) is 5.88. The summed E-state index contributed by atoms with van der Waals surface area (Å²) in [6, 6.07) is 9.88. The molecule has 0 aromatic heterocycles. The van der Waals surface area contributed by atoms with Crippen molar-refractivity contribution in [3.8, 4) is 9.97 Å². The zero-order chi connectivity index (χ0) is 7.23. The van der Waals surface area contributed by atoms with Gasteiger partial charge in [-0.3, -0.25) is 0 Å². The van der Waals surface area contributed by atoms with Crippen molar-refractivity contribution in [1.82, 2.24) is 0 Å². The lowest BCUT2D eigenvalue weighted by Gasteiger charge is -1.84. The third-order valence-electron chi connectivity index (χ3n) is 1.07. The van der Waals surface area contributed by atoms with Crippen LogP contribution in [0.1, 0.15) is 5.56 Å². The lowest BCUT2D eigenvalue weighted by Crippen LogP contribution is -1.72. The molecule has 2 heteroatoms. The number of rotatable bonds is 0. The highest BCUT2D eigenvalue weighted by Gasteiger charge is 1.80. The number of hydrogen-bond donors (Lipinski definition) is 0. The van der Waals surface area contributed by atoms with Gasteiger partial charge in [0.05, 0.1) is 0 Å². The topological polar surface area (TPSA) is 0 Å². The standard InChI is InChI=1S/C8H5.ClH.Mg/c1-2-8-6-4-3-5-7-8;;/h3-7H;1H;/q;;+1/p-1. The average molecular weight is 161 g/mol.